The fourth-order valence-corrected chi connectivity index (χ4v) is 3.94. The Morgan fingerprint density at radius 3 is 2.03 bits per heavy atom. The summed E-state index contributed by atoms with van der Waals surface area (Å²) in [6, 6.07) is 28.1. The van der Waals surface area contributed by atoms with Crippen LogP contribution in [0.4, 0.5) is 11.4 Å². The first-order valence-corrected chi connectivity index (χ1v) is 10.3. The van der Waals surface area contributed by atoms with Crippen LogP contribution in [0.15, 0.2) is 84.9 Å². The van der Waals surface area contributed by atoms with Gasteiger partial charge in [0.2, 0.25) is 5.91 Å². The fraction of sp³-hybridized carbons (Fsp3) is 0.240. The normalized spacial score (nSPS) is 13.8. The molecule has 5 nitrogen and oxygen atoms in total. The fourth-order valence-electron chi connectivity index (χ4n) is 3.94. The second-order valence-corrected chi connectivity index (χ2v) is 7.65. The van der Waals surface area contributed by atoms with Gasteiger partial charge in [0.05, 0.1) is 37.2 Å². The Balaban J connectivity index is 1.40. The number of carbonyl (C=O) groups excluding carboxylic acids is 1. The minimum Gasteiger partial charge on any atom is -0.394 e. The number of nitrogens with zero attached hydrogens (tertiary/aromatic N) is 2. The molecular weight excluding hydrogens is 374 g/mol. The zero-order valence-electron chi connectivity index (χ0n) is 16.9. The Bertz CT molecular complexity index is 962. The molecular formula is C25H27N3O2. The summed E-state index contributed by atoms with van der Waals surface area (Å²) in [5, 5.41) is 12.7. The van der Waals surface area contributed by atoms with Gasteiger partial charge in [-0.15, -0.1) is 0 Å². The molecule has 0 spiro atoms. The molecule has 1 aliphatic rings. The minimum atomic E-state index is -0.293. The van der Waals surface area contributed by atoms with Crippen LogP contribution in [-0.4, -0.2) is 36.9 Å². The van der Waals surface area contributed by atoms with Gasteiger partial charge in [0.1, 0.15) is 0 Å². The first-order valence-electron chi connectivity index (χ1n) is 10.3. The number of fused-ring (bicyclic) bond motifs is 1. The van der Waals surface area contributed by atoms with E-state index in [0.29, 0.717) is 13.1 Å². The summed E-state index contributed by atoms with van der Waals surface area (Å²) in [4.78, 5) is 17.1. The number of aliphatic hydroxyl groups is 1. The molecule has 3 aromatic carbocycles. The predicted octanol–water partition coefficient (Wildman–Crippen LogP) is 3.19. The van der Waals surface area contributed by atoms with Crippen molar-refractivity contribution in [1.29, 1.82) is 0 Å². The van der Waals surface area contributed by atoms with Crippen LogP contribution in [-0.2, 0) is 17.8 Å². The van der Waals surface area contributed by atoms with Gasteiger partial charge in [-0.1, -0.05) is 72.8 Å². The zero-order chi connectivity index (χ0) is 20.8. The van der Waals surface area contributed by atoms with E-state index >= 15 is 0 Å². The number of rotatable bonds is 8. The molecule has 0 radical (unpaired) electrons. The van der Waals surface area contributed by atoms with Crippen molar-refractivity contribution in [2.24, 2.45) is 0 Å². The minimum absolute atomic E-state index is 0.0821. The third-order valence-electron chi connectivity index (χ3n) is 5.37. The van der Waals surface area contributed by atoms with Crippen LogP contribution in [0, 0.1) is 0 Å². The summed E-state index contributed by atoms with van der Waals surface area (Å²) in [7, 11) is 0. The average molecular weight is 402 g/mol. The predicted molar refractivity (Wildman–Crippen MR) is 120 cm³/mol. The maximum Gasteiger partial charge on any atom is 0.239 e. The van der Waals surface area contributed by atoms with Crippen LogP contribution in [0.5, 0.6) is 0 Å². The summed E-state index contributed by atoms with van der Waals surface area (Å²) in [5.41, 5.74) is 4.53. The Labute approximate surface area is 177 Å². The molecule has 3 aromatic rings. The average Bonchev–Trinajstić information content (AvgIpc) is 3.12. The largest absolute Gasteiger partial charge is 0.394 e. The molecule has 0 unspecified atom stereocenters. The lowest BCUT2D eigenvalue weighted by Gasteiger charge is -2.23. The Hall–Kier alpha value is -3.31. The number of benzene rings is 3. The standard InChI is InChI=1S/C25H27N3O2/c29-18-22(15-20-9-3-1-4-10-20)26-25(30)17-28-19-27(16-21-11-5-2-6-12-21)23-13-7-8-14-24(23)28/h1-14,22,29H,15-19H2,(H,26,30)/t22-/m0/s1. The highest BCUT2D eigenvalue weighted by molar-refractivity contribution is 5.86. The number of hydrogen-bond donors (Lipinski definition) is 2. The number of carbonyl (C=O) groups is 1. The zero-order valence-corrected chi connectivity index (χ0v) is 16.9. The van der Waals surface area contributed by atoms with E-state index in [1.165, 1.54) is 5.56 Å². The number of anilines is 2. The van der Waals surface area contributed by atoms with Crippen LogP contribution in [0.1, 0.15) is 11.1 Å². The number of para-hydroxylation sites is 2. The van der Waals surface area contributed by atoms with Crippen LogP contribution < -0.4 is 15.1 Å². The molecule has 0 aliphatic carbocycles. The lowest BCUT2D eigenvalue weighted by molar-refractivity contribution is -0.120. The van der Waals surface area contributed by atoms with Gasteiger partial charge in [0.25, 0.3) is 0 Å². The van der Waals surface area contributed by atoms with Crippen molar-refractivity contribution in [3.8, 4) is 0 Å². The molecule has 30 heavy (non-hydrogen) atoms. The molecule has 0 fully saturated rings. The van der Waals surface area contributed by atoms with E-state index in [2.05, 4.69) is 39.4 Å². The summed E-state index contributed by atoms with van der Waals surface area (Å²) in [6.45, 7) is 1.62. The van der Waals surface area contributed by atoms with E-state index in [9.17, 15) is 9.90 Å². The number of nitrogens with one attached hydrogen (secondary N) is 1. The molecule has 2 N–H and O–H groups in total. The molecule has 0 bridgehead atoms. The van der Waals surface area contributed by atoms with E-state index in [0.717, 1.165) is 23.5 Å². The monoisotopic (exact) mass is 401 g/mol. The highest BCUT2D eigenvalue weighted by Crippen LogP contribution is 2.36. The highest BCUT2D eigenvalue weighted by Gasteiger charge is 2.27. The third kappa shape index (κ3) is 4.81. The lowest BCUT2D eigenvalue weighted by Crippen LogP contribution is -2.45. The van der Waals surface area contributed by atoms with Gasteiger partial charge in [0, 0.05) is 6.54 Å². The summed E-state index contributed by atoms with van der Waals surface area (Å²) >= 11 is 0. The van der Waals surface area contributed by atoms with E-state index in [1.54, 1.807) is 0 Å². The quantitative estimate of drug-likeness (QED) is 0.609. The van der Waals surface area contributed by atoms with Gasteiger partial charge in [-0.25, -0.2) is 0 Å². The van der Waals surface area contributed by atoms with Crippen molar-refractivity contribution in [3.63, 3.8) is 0 Å². The molecule has 1 atom stereocenters. The molecule has 4 rings (SSSR count). The number of hydrogen-bond acceptors (Lipinski definition) is 4. The Morgan fingerprint density at radius 2 is 1.40 bits per heavy atom. The Morgan fingerprint density at radius 1 is 0.833 bits per heavy atom. The summed E-state index contributed by atoms with van der Waals surface area (Å²) < 4.78 is 0. The van der Waals surface area contributed by atoms with Gasteiger partial charge in [-0.05, 0) is 29.7 Å². The molecule has 1 aliphatic heterocycles. The smallest absolute Gasteiger partial charge is 0.239 e. The van der Waals surface area contributed by atoms with Gasteiger partial charge in [-0.3, -0.25) is 4.79 Å². The van der Waals surface area contributed by atoms with E-state index in [1.807, 2.05) is 60.7 Å². The second kappa shape index (κ2) is 9.46. The SMILES string of the molecule is O=C(CN1CN(Cc2ccccc2)c2ccccc21)N[C@H](CO)Cc1ccccc1. The summed E-state index contributed by atoms with van der Waals surface area (Å²) in [6.07, 6.45) is 0.611. The highest BCUT2D eigenvalue weighted by atomic mass is 16.3. The van der Waals surface area contributed by atoms with Crippen molar-refractivity contribution in [2.45, 2.75) is 19.0 Å². The lowest BCUT2D eigenvalue weighted by atomic mass is 10.1. The third-order valence-corrected chi connectivity index (χ3v) is 5.37. The van der Waals surface area contributed by atoms with Crippen LogP contribution in [0.2, 0.25) is 0 Å². The molecule has 1 amide bonds. The molecule has 0 saturated heterocycles. The van der Waals surface area contributed by atoms with Crippen molar-refractivity contribution >= 4 is 17.3 Å². The van der Waals surface area contributed by atoms with Crippen LogP contribution in [0.3, 0.4) is 0 Å². The van der Waals surface area contributed by atoms with Gasteiger partial charge in [0.15, 0.2) is 0 Å². The van der Waals surface area contributed by atoms with Crippen molar-refractivity contribution in [2.75, 3.05) is 29.6 Å². The second-order valence-electron chi connectivity index (χ2n) is 7.65. The topological polar surface area (TPSA) is 55.8 Å². The van der Waals surface area contributed by atoms with Crippen molar-refractivity contribution in [1.82, 2.24) is 5.32 Å². The van der Waals surface area contributed by atoms with Gasteiger partial charge in [-0.2, -0.15) is 0 Å². The molecule has 0 aromatic heterocycles. The maximum atomic E-state index is 12.8. The molecule has 154 valence electrons. The van der Waals surface area contributed by atoms with Crippen molar-refractivity contribution in [3.05, 3.63) is 96.1 Å². The summed E-state index contributed by atoms with van der Waals surface area (Å²) in [5.74, 6) is -0.0821. The van der Waals surface area contributed by atoms with E-state index in [-0.39, 0.29) is 25.1 Å². The Kier molecular flexibility index (Phi) is 6.30. The van der Waals surface area contributed by atoms with Crippen LogP contribution >= 0.6 is 0 Å². The van der Waals surface area contributed by atoms with Crippen LogP contribution in [0.25, 0.3) is 0 Å². The van der Waals surface area contributed by atoms with E-state index in [4.69, 9.17) is 0 Å². The van der Waals surface area contributed by atoms with E-state index < -0.39 is 0 Å². The first-order chi connectivity index (χ1) is 14.7. The molecule has 1 heterocycles. The molecule has 0 saturated carbocycles. The number of aliphatic hydroxyl groups excluding tert-OH is 1. The van der Waals surface area contributed by atoms with Gasteiger partial charge < -0.3 is 20.2 Å². The number of amides is 1. The molecule has 5 heteroatoms. The maximum absolute atomic E-state index is 12.8. The first kappa shape index (κ1) is 20.0. The van der Waals surface area contributed by atoms with Crippen molar-refractivity contribution < 1.29 is 9.90 Å². The van der Waals surface area contributed by atoms with Gasteiger partial charge >= 0.3 is 0 Å².